The first-order valence-electron chi connectivity index (χ1n) is 11.6. The molecule has 1 aliphatic carbocycles. The van der Waals surface area contributed by atoms with E-state index < -0.39 is 0 Å². The van der Waals surface area contributed by atoms with Crippen LogP contribution < -0.4 is 10.6 Å². The molecule has 0 unspecified atom stereocenters. The Bertz CT molecular complexity index is 1470. The lowest BCUT2D eigenvalue weighted by Crippen LogP contribution is -2.38. The molecule has 10 nitrogen and oxygen atoms in total. The third kappa shape index (κ3) is 4.94. The second-order valence-electron chi connectivity index (χ2n) is 8.82. The molecular formula is C24H24BrN9OS. The van der Waals surface area contributed by atoms with Gasteiger partial charge in [-0.25, -0.2) is 9.67 Å². The molecule has 3 aromatic heterocycles. The predicted molar refractivity (Wildman–Crippen MR) is 141 cm³/mol. The van der Waals surface area contributed by atoms with E-state index in [4.69, 9.17) is 4.98 Å². The number of halogens is 1. The number of carbonyl (C=O) groups is 1. The van der Waals surface area contributed by atoms with Crippen molar-refractivity contribution in [3.8, 4) is 22.3 Å². The van der Waals surface area contributed by atoms with Crippen LogP contribution in [0.3, 0.4) is 0 Å². The van der Waals surface area contributed by atoms with Crippen LogP contribution in [0.25, 0.3) is 27.3 Å². The standard InChI is InChI=1S/C24H24BrN9OS/c1-13-31-32-23(36-13)18-6-5-17(11-15(18)4-3-7-26)34-22-19(21(25)33-34)12-28-24(30-22)29-16-8-14(9-16)10-20(35)27-2/h5-6,11-12,14,16H,3-4,8-10H2,1-2H3,(H,27,35)(H,28,29,30). The number of nitriles is 1. The van der Waals surface area contributed by atoms with Crippen molar-refractivity contribution in [2.45, 2.75) is 45.1 Å². The van der Waals surface area contributed by atoms with Crippen molar-refractivity contribution in [2.75, 3.05) is 12.4 Å². The summed E-state index contributed by atoms with van der Waals surface area (Å²) < 4.78 is 2.44. The van der Waals surface area contributed by atoms with Crippen molar-refractivity contribution in [2.24, 2.45) is 5.92 Å². The van der Waals surface area contributed by atoms with Crippen LogP contribution in [-0.4, -0.2) is 48.9 Å². The number of nitrogens with one attached hydrogen (secondary N) is 2. The van der Waals surface area contributed by atoms with Crippen molar-refractivity contribution in [1.82, 2.24) is 35.3 Å². The number of hydrogen-bond acceptors (Lipinski definition) is 9. The van der Waals surface area contributed by atoms with Gasteiger partial charge in [-0.05, 0) is 71.8 Å². The number of carbonyl (C=O) groups excluding carboxylic acids is 1. The third-order valence-corrected chi connectivity index (χ3v) is 7.75. The Labute approximate surface area is 220 Å². The molecule has 36 heavy (non-hydrogen) atoms. The number of aryl methyl sites for hydroxylation is 2. The number of fused-ring (bicyclic) bond motifs is 1. The van der Waals surface area contributed by atoms with E-state index in [0.717, 1.165) is 45.1 Å². The minimum atomic E-state index is 0.0753. The Morgan fingerprint density at radius 1 is 1.33 bits per heavy atom. The summed E-state index contributed by atoms with van der Waals surface area (Å²) in [5.74, 6) is 0.990. The normalized spacial score (nSPS) is 16.9. The highest BCUT2D eigenvalue weighted by atomic mass is 79.9. The predicted octanol–water partition coefficient (Wildman–Crippen LogP) is 4.19. The number of benzene rings is 1. The molecule has 0 atom stereocenters. The molecule has 2 N–H and O–H groups in total. The van der Waals surface area contributed by atoms with E-state index in [-0.39, 0.29) is 11.9 Å². The number of aromatic nitrogens is 6. The zero-order valence-electron chi connectivity index (χ0n) is 19.8. The third-order valence-electron chi connectivity index (χ3n) is 6.30. The fraction of sp³-hybridized carbons (Fsp3) is 0.375. The van der Waals surface area contributed by atoms with Crippen molar-refractivity contribution >= 4 is 50.2 Å². The van der Waals surface area contributed by atoms with Gasteiger partial charge in [0.05, 0.1) is 17.1 Å². The summed E-state index contributed by atoms with van der Waals surface area (Å²) in [6, 6.07) is 8.49. The Kier molecular flexibility index (Phi) is 6.93. The van der Waals surface area contributed by atoms with Gasteiger partial charge in [0.15, 0.2) is 5.65 Å². The van der Waals surface area contributed by atoms with Gasteiger partial charge in [-0.15, -0.1) is 10.2 Å². The summed E-state index contributed by atoms with van der Waals surface area (Å²) in [6.07, 6.45) is 5.12. The van der Waals surface area contributed by atoms with Crippen molar-refractivity contribution < 1.29 is 4.79 Å². The van der Waals surface area contributed by atoms with Gasteiger partial charge in [0, 0.05) is 37.7 Å². The van der Waals surface area contributed by atoms with E-state index in [1.807, 2.05) is 25.1 Å². The van der Waals surface area contributed by atoms with Crippen LogP contribution in [0, 0.1) is 24.2 Å². The number of anilines is 1. The Balaban J connectivity index is 1.43. The van der Waals surface area contributed by atoms with Crippen molar-refractivity contribution in [3.05, 3.63) is 39.6 Å². The molecule has 0 spiro atoms. The van der Waals surface area contributed by atoms with E-state index in [9.17, 15) is 10.1 Å². The largest absolute Gasteiger partial charge is 0.359 e. The maximum Gasteiger partial charge on any atom is 0.224 e. The molecule has 5 rings (SSSR count). The number of amides is 1. The Morgan fingerprint density at radius 3 is 2.89 bits per heavy atom. The van der Waals surface area contributed by atoms with Crippen LogP contribution in [0.1, 0.15) is 36.3 Å². The Hall–Kier alpha value is -3.43. The summed E-state index contributed by atoms with van der Waals surface area (Å²) in [6.45, 7) is 1.93. The first-order chi connectivity index (χ1) is 17.4. The molecule has 1 saturated carbocycles. The first kappa shape index (κ1) is 24.3. The molecule has 184 valence electrons. The molecule has 1 aliphatic rings. The maximum absolute atomic E-state index is 11.6. The lowest BCUT2D eigenvalue weighted by atomic mass is 9.78. The molecule has 12 heteroatoms. The van der Waals surface area contributed by atoms with Crippen molar-refractivity contribution in [1.29, 1.82) is 5.26 Å². The van der Waals surface area contributed by atoms with E-state index >= 15 is 0 Å². The fourth-order valence-electron chi connectivity index (χ4n) is 4.41. The quantitative estimate of drug-likeness (QED) is 0.324. The lowest BCUT2D eigenvalue weighted by molar-refractivity contribution is -0.122. The second kappa shape index (κ2) is 10.3. The highest BCUT2D eigenvalue weighted by Crippen LogP contribution is 2.34. The van der Waals surface area contributed by atoms with Crippen LogP contribution in [-0.2, 0) is 11.2 Å². The molecule has 0 bridgehead atoms. The van der Waals surface area contributed by atoms with E-state index in [2.05, 4.69) is 52.9 Å². The molecule has 0 aliphatic heterocycles. The van der Waals surface area contributed by atoms with E-state index in [0.29, 0.717) is 41.4 Å². The minimum absolute atomic E-state index is 0.0753. The van der Waals surface area contributed by atoms with Crippen LogP contribution in [0.2, 0.25) is 0 Å². The van der Waals surface area contributed by atoms with Crippen LogP contribution in [0.15, 0.2) is 29.0 Å². The SMILES string of the molecule is CNC(=O)CC1CC(Nc2ncc3c(Br)nn(-c4ccc(-c5nnc(C)s5)c(CCC#N)c4)c3n2)C1. The Morgan fingerprint density at radius 2 is 2.17 bits per heavy atom. The average molecular weight is 566 g/mol. The van der Waals surface area contributed by atoms with E-state index in [1.54, 1.807) is 17.9 Å². The maximum atomic E-state index is 11.6. The van der Waals surface area contributed by atoms with Crippen molar-refractivity contribution in [3.63, 3.8) is 0 Å². The fourth-order valence-corrected chi connectivity index (χ4v) is 5.60. The monoisotopic (exact) mass is 565 g/mol. The zero-order chi connectivity index (χ0) is 25.2. The summed E-state index contributed by atoms with van der Waals surface area (Å²) >= 11 is 5.07. The molecule has 3 heterocycles. The van der Waals surface area contributed by atoms with Gasteiger partial charge in [0.2, 0.25) is 11.9 Å². The first-order valence-corrected chi connectivity index (χ1v) is 13.2. The molecule has 1 amide bonds. The van der Waals surface area contributed by atoms with E-state index in [1.165, 1.54) is 11.3 Å². The highest BCUT2D eigenvalue weighted by molar-refractivity contribution is 9.10. The van der Waals surface area contributed by atoms with Gasteiger partial charge in [-0.1, -0.05) is 11.3 Å². The minimum Gasteiger partial charge on any atom is -0.359 e. The number of hydrogen-bond donors (Lipinski definition) is 2. The molecule has 1 fully saturated rings. The smallest absolute Gasteiger partial charge is 0.224 e. The highest BCUT2D eigenvalue weighted by Gasteiger charge is 2.31. The van der Waals surface area contributed by atoms with Crippen LogP contribution >= 0.6 is 27.3 Å². The van der Waals surface area contributed by atoms with Gasteiger partial charge < -0.3 is 10.6 Å². The van der Waals surface area contributed by atoms with Gasteiger partial charge in [-0.3, -0.25) is 4.79 Å². The molecule has 4 aromatic rings. The number of rotatable bonds is 8. The molecular weight excluding hydrogens is 542 g/mol. The summed E-state index contributed by atoms with van der Waals surface area (Å²) in [7, 11) is 1.66. The summed E-state index contributed by atoms with van der Waals surface area (Å²) in [5.41, 5.74) is 3.49. The topological polar surface area (TPSA) is 134 Å². The molecule has 0 saturated heterocycles. The van der Waals surface area contributed by atoms with Gasteiger partial charge in [-0.2, -0.15) is 15.3 Å². The summed E-state index contributed by atoms with van der Waals surface area (Å²) in [5, 5.41) is 30.9. The van der Waals surface area contributed by atoms with Crippen LogP contribution in [0.4, 0.5) is 5.95 Å². The molecule has 0 radical (unpaired) electrons. The zero-order valence-corrected chi connectivity index (χ0v) is 22.2. The summed E-state index contributed by atoms with van der Waals surface area (Å²) in [4.78, 5) is 20.8. The van der Waals surface area contributed by atoms with Gasteiger partial charge >= 0.3 is 0 Å². The van der Waals surface area contributed by atoms with Crippen LogP contribution in [0.5, 0.6) is 0 Å². The average Bonchev–Trinajstić information content (AvgIpc) is 3.43. The van der Waals surface area contributed by atoms with Gasteiger partial charge in [0.1, 0.15) is 14.6 Å². The van der Waals surface area contributed by atoms with Gasteiger partial charge in [0.25, 0.3) is 0 Å². The number of nitrogens with zero attached hydrogens (tertiary/aromatic N) is 7. The molecule has 1 aromatic carbocycles. The second-order valence-corrected chi connectivity index (χ2v) is 10.7. The lowest BCUT2D eigenvalue weighted by Gasteiger charge is -2.35.